The number of thioether (sulfide) groups is 1. The lowest BCUT2D eigenvalue weighted by Gasteiger charge is -2.27. The van der Waals surface area contributed by atoms with Gasteiger partial charge in [0, 0.05) is 23.6 Å². The van der Waals surface area contributed by atoms with Gasteiger partial charge in [0.05, 0.1) is 12.5 Å². The number of benzene rings is 1. The van der Waals surface area contributed by atoms with E-state index in [9.17, 15) is 4.79 Å². The molecule has 0 bridgehead atoms. The van der Waals surface area contributed by atoms with Gasteiger partial charge in [0.1, 0.15) is 0 Å². The SMILES string of the molecule is O=C(O)CCCCCN1CSc2nnc(-c3ccc(Cl)cc3)n2C1. The van der Waals surface area contributed by atoms with Gasteiger partial charge in [0.15, 0.2) is 11.0 Å². The molecule has 0 spiro atoms. The van der Waals surface area contributed by atoms with Crippen LogP contribution in [0.5, 0.6) is 0 Å². The first-order valence-electron chi connectivity index (χ1n) is 7.89. The van der Waals surface area contributed by atoms with Crippen LogP contribution in [0.1, 0.15) is 25.7 Å². The first-order chi connectivity index (χ1) is 11.6. The Morgan fingerprint density at radius 1 is 1.21 bits per heavy atom. The first kappa shape index (κ1) is 17.3. The smallest absolute Gasteiger partial charge is 0.303 e. The topological polar surface area (TPSA) is 71.2 Å². The highest BCUT2D eigenvalue weighted by molar-refractivity contribution is 7.99. The highest BCUT2D eigenvalue weighted by Crippen LogP contribution is 2.29. The van der Waals surface area contributed by atoms with E-state index in [0.29, 0.717) is 5.02 Å². The predicted octanol–water partition coefficient (Wildman–Crippen LogP) is 3.57. The van der Waals surface area contributed by atoms with Crippen molar-refractivity contribution >= 4 is 29.3 Å². The maximum Gasteiger partial charge on any atom is 0.303 e. The van der Waals surface area contributed by atoms with Gasteiger partial charge in [-0.25, -0.2) is 0 Å². The average Bonchev–Trinajstić information content (AvgIpc) is 2.98. The molecule has 1 aliphatic heterocycles. The lowest BCUT2D eigenvalue weighted by atomic mass is 10.2. The molecule has 1 aliphatic rings. The highest BCUT2D eigenvalue weighted by Gasteiger charge is 2.22. The zero-order valence-corrected chi connectivity index (χ0v) is 14.8. The molecule has 0 radical (unpaired) electrons. The third-order valence-corrected chi connectivity index (χ3v) is 5.21. The Morgan fingerprint density at radius 2 is 2.00 bits per heavy atom. The second-order valence-corrected chi connectivity index (χ2v) is 7.10. The van der Waals surface area contributed by atoms with Crippen LogP contribution in [0.25, 0.3) is 11.4 Å². The molecule has 0 unspecified atom stereocenters. The number of halogens is 1. The van der Waals surface area contributed by atoms with E-state index in [1.165, 1.54) is 0 Å². The van der Waals surface area contributed by atoms with E-state index in [1.807, 2.05) is 24.3 Å². The second kappa shape index (κ2) is 8.00. The number of hydrogen-bond acceptors (Lipinski definition) is 5. The molecule has 1 N–H and O–H groups in total. The van der Waals surface area contributed by atoms with Gasteiger partial charge in [0.2, 0.25) is 0 Å². The summed E-state index contributed by atoms with van der Waals surface area (Å²) in [5.74, 6) is 1.02. The number of nitrogens with zero attached hydrogens (tertiary/aromatic N) is 4. The summed E-state index contributed by atoms with van der Waals surface area (Å²) >= 11 is 7.63. The molecule has 2 heterocycles. The van der Waals surface area contributed by atoms with Crippen LogP contribution in [-0.4, -0.2) is 43.2 Å². The third-order valence-electron chi connectivity index (χ3n) is 3.90. The molecule has 0 atom stereocenters. The van der Waals surface area contributed by atoms with Crippen LogP contribution in [0.4, 0.5) is 0 Å². The van der Waals surface area contributed by atoms with Crippen LogP contribution >= 0.6 is 23.4 Å². The summed E-state index contributed by atoms with van der Waals surface area (Å²) in [5, 5.41) is 18.9. The van der Waals surface area contributed by atoms with Gasteiger partial charge < -0.3 is 5.11 Å². The summed E-state index contributed by atoms with van der Waals surface area (Å²) < 4.78 is 2.12. The van der Waals surface area contributed by atoms with E-state index < -0.39 is 5.97 Å². The number of carboxylic acid groups (broad SMARTS) is 1. The third kappa shape index (κ3) is 4.28. The van der Waals surface area contributed by atoms with Crippen LogP contribution in [0, 0.1) is 0 Å². The average molecular weight is 367 g/mol. The zero-order chi connectivity index (χ0) is 16.9. The molecule has 2 aromatic rings. The van der Waals surface area contributed by atoms with E-state index >= 15 is 0 Å². The van der Waals surface area contributed by atoms with Crippen LogP contribution in [0.15, 0.2) is 29.4 Å². The number of carboxylic acids is 1. The number of hydrogen-bond donors (Lipinski definition) is 1. The molecule has 0 fully saturated rings. The lowest BCUT2D eigenvalue weighted by molar-refractivity contribution is -0.137. The maximum atomic E-state index is 10.5. The van der Waals surface area contributed by atoms with Crippen molar-refractivity contribution in [2.24, 2.45) is 0 Å². The van der Waals surface area contributed by atoms with Gasteiger partial charge in [-0.1, -0.05) is 29.8 Å². The molecule has 1 aromatic carbocycles. The van der Waals surface area contributed by atoms with Gasteiger partial charge in [-0.15, -0.1) is 10.2 Å². The second-order valence-electron chi connectivity index (χ2n) is 5.75. The number of aromatic nitrogens is 3. The molecule has 0 saturated carbocycles. The lowest BCUT2D eigenvalue weighted by Crippen LogP contribution is -2.31. The maximum absolute atomic E-state index is 10.5. The summed E-state index contributed by atoms with van der Waals surface area (Å²) in [5.41, 5.74) is 1.00. The molecule has 8 heteroatoms. The zero-order valence-electron chi connectivity index (χ0n) is 13.2. The Labute approximate surface area is 149 Å². The van der Waals surface area contributed by atoms with Crippen molar-refractivity contribution < 1.29 is 9.90 Å². The fourth-order valence-corrected chi connectivity index (χ4v) is 3.68. The summed E-state index contributed by atoms with van der Waals surface area (Å²) in [6, 6.07) is 7.62. The molecule has 1 aromatic heterocycles. The van der Waals surface area contributed by atoms with Gasteiger partial charge in [-0.3, -0.25) is 14.3 Å². The quantitative estimate of drug-likeness (QED) is 0.755. The van der Waals surface area contributed by atoms with Crippen molar-refractivity contribution in [1.82, 2.24) is 19.7 Å². The van der Waals surface area contributed by atoms with E-state index in [0.717, 1.165) is 54.9 Å². The van der Waals surface area contributed by atoms with Gasteiger partial charge in [-0.05, 0) is 37.1 Å². The minimum Gasteiger partial charge on any atom is -0.481 e. The van der Waals surface area contributed by atoms with Crippen LogP contribution in [0.2, 0.25) is 5.02 Å². The van der Waals surface area contributed by atoms with Crippen LogP contribution in [-0.2, 0) is 11.5 Å². The number of carbonyl (C=O) groups is 1. The summed E-state index contributed by atoms with van der Waals surface area (Å²) in [6.45, 7) is 1.70. The first-order valence-corrected chi connectivity index (χ1v) is 9.26. The van der Waals surface area contributed by atoms with Gasteiger partial charge >= 0.3 is 5.97 Å². The Morgan fingerprint density at radius 3 is 2.75 bits per heavy atom. The van der Waals surface area contributed by atoms with Crippen molar-refractivity contribution in [3.8, 4) is 11.4 Å². The molecule has 24 heavy (non-hydrogen) atoms. The molecular formula is C16H19ClN4O2S. The Kier molecular flexibility index (Phi) is 5.76. The summed E-state index contributed by atoms with van der Waals surface area (Å²) in [7, 11) is 0. The molecule has 0 aliphatic carbocycles. The van der Waals surface area contributed by atoms with Crippen molar-refractivity contribution in [1.29, 1.82) is 0 Å². The number of fused-ring (bicyclic) bond motifs is 1. The fraction of sp³-hybridized carbons (Fsp3) is 0.438. The Balaban J connectivity index is 1.59. The van der Waals surface area contributed by atoms with Crippen molar-refractivity contribution in [3.63, 3.8) is 0 Å². The van der Waals surface area contributed by atoms with Gasteiger partial charge in [0.25, 0.3) is 0 Å². The minimum atomic E-state index is -0.717. The summed E-state index contributed by atoms with van der Waals surface area (Å²) in [6.07, 6.45) is 2.93. The number of aliphatic carboxylic acids is 1. The standard InChI is InChI=1S/C16H19ClN4O2S/c17-13-7-5-12(6-8-13)15-18-19-16-21(15)10-20(11-24-16)9-3-1-2-4-14(22)23/h5-8H,1-4,9-11H2,(H,22,23). The van der Waals surface area contributed by atoms with Crippen molar-refractivity contribution in [2.75, 3.05) is 12.4 Å². The minimum absolute atomic E-state index is 0.255. The number of rotatable bonds is 7. The molecule has 3 rings (SSSR count). The van der Waals surface area contributed by atoms with E-state index in [1.54, 1.807) is 11.8 Å². The predicted molar refractivity (Wildman–Crippen MR) is 94.0 cm³/mol. The van der Waals surface area contributed by atoms with Crippen LogP contribution < -0.4 is 0 Å². The van der Waals surface area contributed by atoms with E-state index in [2.05, 4.69) is 19.7 Å². The van der Waals surface area contributed by atoms with E-state index in [-0.39, 0.29) is 6.42 Å². The monoisotopic (exact) mass is 366 g/mol. The van der Waals surface area contributed by atoms with Gasteiger partial charge in [-0.2, -0.15) is 0 Å². The van der Waals surface area contributed by atoms with Crippen molar-refractivity contribution in [2.45, 2.75) is 37.5 Å². The molecular weight excluding hydrogens is 348 g/mol. The highest BCUT2D eigenvalue weighted by atomic mass is 35.5. The fourth-order valence-electron chi connectivity index (χ4n) is 2.65. The summed E-state index contributed by atoms with van der Waals surface area (Å²) in [4.78, 5) is 12.9. The largest absolute Gasteiger partial charge is 0.481 e. The van der Waals surface area contributed by atoms with Crippen LogP contribution in [0.3, 0.4) is 0 Å². The normalized spacial score (nSPS) is 14.5. The molecule has 0 saturated heterocycles. The number of unbranched alkanes of at least 4 members (excludes halogenated alkanes) is 2. The molecule has 0 amide bonds. The van der Waals surface area contributed by atoms with E-state index in [4.69, 9.17) is 16.7 Å². The Hall–Kier alpha value is -1.57. The molecule has 6 nitrogen and oxygen atoms in total. The molecule has 128 valence electrons. The van der Waals surface area contributed by atoms with Crippen molar-refractivity contribution in [3.05, 3.63) is 29.3 Å². The Bertz CT molecular complexity index is 705.